The molecular formula is C22H20ClN3O5S. The standard InChI is InChI=1S/C22H20ClN3O5S/c1-28-18-8-13(9-19(29-2)21(18)30-3)16(10-24)26-22(27)17-12-32-20(25-17)11-31-15-6-4-14(23)5-7-15/h4-9,12,16H,11H2,1-3H3,(H,26,27). The van der Waals surface area contributed by atoms with Crippen molar-refractivity contribution in [3.8, 4) is 29.1 Å². The Morgan fingerprint density at radius 1 is 1.16 bits per heavy atom. The Bertz CT molecular complexity index is 1100. The lowest BCUT2D eigenvalue weighted by Gasteiger charge is -2.17. The monoisotopic (exact) mass is 473 g/mol. The average Bonchev–Trinajstić information content (AvgIpc) is 3.30. The van der Waals surface area contributed by atoms with Crippen LogP contribution in [0, 0.1) is 11.3 Å². The zero-order valence-electron chi connectivity index (χ0n) is 17.5. The van der Waals surface area contributed by atoms with Crippen molar-refractivity contribution in [3.63, 3.8) is 0 Å². The summed E-state index contributed by atoms with van der Waals surface area (Å²) in [6, 6.07) is 11.3. The highest BCUT2D eigenvalue weighted by molar-refractivity contribution is 7.09. The first-order valence-electron chi connectivity index (χ1n) is 9.32. The van der Waals surface area contributed by atoms with Crippen molar-refractivity contribution in [1.82, 2.24) is 10.3 Å². The number of nitrogens with zero attached hydrogens (tertiary/aromatic N) is 2. The lowest BCUT2D eigenvalue weighted by Crippen LogP contribution is -2.28. The Balaban J connectivity index is 1.70. The summed E-state index contributed by atoms with van der Waals surface area (Å²) in [5, 5.41) is 15.2. The summed E-state index contributed by atoms with van der Waals surface area (Å²) >= 11 is 7.15. The van der Waals surface area contributed by atoms with Crippen LogP contribution in [0.4, 0.5) is 0 Å². The number of carbonyl (C=O) groups excluding carboxylic acids is 1. The largest absolute Gasteiger partial charge is 0.493 e. The van der Waals surface area contributed by atoms with Crippen molar-refractivity contribution in [2.75, 3.05) is 21.3 Å². The van der Waals surface area contributed by atoms with E-state index in [4.69, 9.17) is 30.5 Å². The van der Waals surface area contributed by atoms with Crippen LogP contribution in [0.5, 0.6) is 23.0 Å². The highest BCUT2D eigenvalue weighted by atomic mass is 35.5. The van der Waals surface area contributed by atoms with Crippen LogP contribution in [-0.2, 0) is 6.61 Å². The molecule has 10 heteroatoms. The molecule has 0 fully saturated rings. The molecule has 1 aromatic heterocycles. The predicted molar refractivity (Wildman–Crippen MR) is 120 cm³/mol. The second-order valence-corrected chi connectivity index (χ2v) is 7.74. The molecule has 0 aliphatic rings. The van der Waals surface area contributed by atoms with Gasteiger partial charge in [0.1, 0.15) is 29.1 Å². The Hall–Kier alpha value is -3.48. The van der Waals surface area contributed by atoms with Crippen LogP contribution in [0.3, 0.4) is 0 Å². The van der Waals surface area contributed by atoms with Gasteiger partial charge in [0.25, 0.3) is 5.91 Å². The van der Waals surface area contributed by atoms with Gasteiger partial charge in [-0.05, 0) is 42.0 Å². The van der Waals surface area contributed by atoms with E-state index in [1.54, 1.807) is 41.8 Å². The SMILES string of the molecule is COc1cc(C(C#N)NC(=O)c2csc(COc3ccc(Cl)cc3)n2)cc(OC)c1OC. The fourth-order valence-corrected chi connectivity index (χ4v) is 3.63. The summed E-state index contributed by atoms with van der Waals surface area (Å²) in [5.41, 5.74) is 0.675. The smallest absolute Gasteiger partial charge is 0.272 e. The first-order valence-corrected chi connectivity index (χ1v) is 10.6. The van der Waals surface area contributed by atoms with Gasteiger partial charge in [-0.2, -0.15) is 5.26 Å². The van der Waals surface area contributed by atoms with Crippen LogP contribution in [0.2, 0.25) is 5.02 Å². The number of halogens is 1. The third-order valence-electron chi connectivity index (χ3n) is 4.39. The van der Waals surface area contributed by atoms with Gasteiger partial charge in [0.15, 0.2) is 11.5 Å². The fourth-order valence-electron chi connectivity index (χ4n) is 2.82. The molecule has 32 heavy (non-hydrogen) atoms. The molecule has 0 bridgehead atoms. The Labute approximate surface area is 194 Å². The van der Waals surface area contributed by atoms with Crippen LogP contribution in [0.25, 0.3) is 0 Å². The number of methoxy groups -OCH3 is 3. The number of nitriles is 1. The Morgan fingerprint density at radius 3 is 2.38 bits per heavy atom. The minimum Gasteiger partial charge on any atom is -0.493 e. The quantitative estimate of drug-likeness (QED) is 0.491. The molecule has 0 radical (unpaired) electrons. The summed E-state index contributed by atoms with van der Waals surface area (Å²) in [7, 11) is 4.44. The first-order chi connectivity index (χ1) is 15.5. The Morgan fingerprint density at radius 2 is 1.81 bits per heavy atom. The maximum atomic E-state index is 12.7. The van der Waals surface area contributed by atoms with Crippen molar-refractivity contribution in [3.05, 3.63) is 63.1 Å². The second kappa shape index (κ2) is 10.7. The molecule has 0 saturated carbocycles. The van der Waals surface area contributed by atoms with Crippen LogP contribution < -0.4 is 24.3 Å². The van der Waals surface area contributed by atoms with E-state index in [-0.39, 0.29) is 12.3 Å². The van der Waals surface area contributed by atoms with Crippen molar-refractivity contribution in [1.29, 1.82) is 5.26 Å². The van der Waals surface area contributed by atoms with Crippen molar-refractivity contribution < 1.29 is 23.7 Å². The van der Waals surface area contributed by atoms with Crippen molar-refractivity contribution in [2.45, 2.75) is 12.6 Å². The molecule has 0 spiro atoms. The van der Waals surface area contributed by atoms with Crippen LogP contribution >= 0.6 is 22.9 Å². The third-order valence-corrected chi connectivity index (χ3v) is 5.46. The molecule has 2 aromatic carbocycles. The molecule has 0 aliphatic heterocycles. The highest BCUT2D eigenvalue weighted by Crippen LogP contribution is 2.39. The maximum Gasteiger partial charge on any atom is 0.272 e. The van der Waals surface area contributed by atoms with Gasteiger partial charge < -0.3 is 24.3 Å². The summed E-state index contributed by atoms with van der Waals surface area (Å²) in [6.07, 6.45) is 0. The zero-order valence-corrected chi connectivity index (χ0v) is 19.1. The van der Waals surface area contributed by atoms with Gasteiger partial charge in [-0.1, -0.05) is 11.6 Å². The zero-order chi connectivity index (χ0) is 23.1. The van der Waals surface area contributed by atoms with Gasteiger partial charge >= 0.3 is 0 Å². The topological polar surface area (TPSA) is 103 Å². The van der Waals surface area contributed by atoms with E-state index in [0.717, 1.165) is 0 Å². The highest BCUT2D eigenvalue weighted by Gasteiger charge is 2.22. The number of hydrogen-bond donors (Lipinski definition) is 1. The number of rotatable bonds is 9. The summed E-state index contributed by atoms with van der Waals surface area (Å²) in [6.45, 7) is 0.203. The normalized spacial score (nSPS) is 11.2. The van der Waals surface area contributed by atoms with E-state index in [1.165, 1.54) is 32.7 Å². The van der Waals surface area contributed by atoms with Crippen LogP contribution in [0.1, 0.15) is 27.1 Å². The molecule has 1 N–H and O–H groups in total. The first kappa shape index (κ1) is 23.2. The third kappa shape index (κ3) is 5.41. The number of carbonyl (C=O) groups is 1. The fraction of sp³-hybridized carbons (Fsp3) is 0.227. The number of ether oxygens (including phenoxy) is 4. The number of thiazole rings is 1. The lowest BCUT2D eigenvalue weighted by molar-refractivity contribution is 0.0940. The average molecular weight is 474 g/mol. The van der Waals surface area contributed by atoms with E-state index in [1.807, 2.05) is 0 Å². The van der Waals surface area contributed by atoms with Gasteiger partial charge in [0.2, 0.25) is 5.75 Å². The van der Waals surface area contributed by atoms with Gasteiger partial charge in [-0.3, -0.25) is 4.79 Å². The summed E-state index contributed by atoms with van der Waals surface area (Å²) in [5.74, 6) is 1.31. The molecule has 3 rings (SSSR count). The summed E-state index contributed by atoms with van der Waals surface area (Å²) < 4.78 is 21.6. The number of aromatic nitrogens is 1. The minimum absolute atomic E-state index is 0.192. The van der Waals surface area contributed by atoms with E-state index in [2.05, 4.69) is 16.4 Å². The van der Waals surface area contributed by atoms with E-state index in [0.29, 0.717) is 38.6 Å². The molecule has 1 amide bonds. The molecule has 1 heterocycles. The molecule has 0 saturated heterocycles. The van der Waals surface area contributed by atoms with Crippen molar-refractivity contribution in [2.24, 2.45) is 0 Å². The van der Waals surface area contributed by atoms with Crippen LogP contribution in [0.15, 0.2) is 41.8 Å². The van der Waals surface area contributed by atoms with E-state index >= 15 is 0 Å². The molecule has 8 nitrogen and oxygen atoms in total. The molecule has 0 aliphatic carbocycles. The van der Waals surface area contributed by atoms with Gasteiger partial charge in [-0.25, -0.2) is 4.98 Å². The van der Waals surface area contributed by atoms with Gasteiger partial charge in [0, 0.05) is 10.4 Å². The van der Waals surface area contributed by atoms with E-state index < -0.39 is 11.9 Å². The van der Waals surface area contributed by atoms with Gasteiger partial charge in [-0.15, -0.1) is 11.3 Å². The minimum atomic E-state index is -0.952. The molecule has 166 valence electrons. The summed E-state index contributed by atoms with van der Waals surface area (Å²) in [4.78, 5) is 17.0. The molecular weight excluding hydrogens is 454 g/mol. The number of nitrogens with one attached hydrogen (secondary N) is 1. The van der Waals surface area contributed by atoms with Crippen molar-refractivity contribution >= 4 is 28.8 Å². The predicted octanol–water partition coefficient (Wildman–Crippen LogP) is 4.40. The van der Waals surface area contributed by atoms with Crippen LogP contribution in [-0.4, -0.2) is 32.2 Å². The number of benzene rings is 2. The number of hydrogen-bond acceptors (Lipinski definition) is 8. The van der Waals surface area contributed by atoms with E-state index in [9.17, 15) is 10.1 Å². The lowest BCUT2D eigenvalue weighted by atomic mass is 10.1. The number of amides is 1. The molecule has 3 aromatic rings. The van der Waals surface area contributed by atoms with Gasteiger partial charge in [0.05, 0.1) is 27.4 Å². The second-order valence-electron chi connectivity index (χ2n) is 6.36. The molecule has 1 unspecified atom stereocenters. The molecule has 1 atom stereocenters. The Kier molecular flexibility index (Phi) is 7.76. The maximum absolute atomic E-state index is 12.7.